The molecule has 6 heteroatoms. The van der Waals surface area contributed by atoms with Crippen molar-refractivity contribution in [2.45, 2.75) is 52.1 Å². The smallest absolute Gasteiger partial charge is 0.222 e. The Hall–Kier alpha value is -1.17. The number of halogens is 1. The summed E-state index contributed by atoms with van der Waals surface area (Å²) in [5.41, 5.74) is 1.31. The molecule has 1 aromatic heterocycles. The van der Waals surface area contributed by atoms with Crippen molar-refractivity contribution in [3.8, 4) is 0 Å². The minimum absolute atomic E-state index is 0. The van der Waals surface area contributed by atoms with E-state index >= 15 is 0 Å². The molecular formula is C21H35ClN4O. The van der Waals surface area contributed by atoms with E-state index in [1.807, 2.05) is 23.4 Å². The Morgan fingerprint density at radius 3 is 2.85 bits per heavy atom. The molecule has 3 atom stereocenters. The first-order valence-electron chi connectivity index (χ1n) is 10.3. The van der Waals surface area contributed by atoms with Gasteiger partial charge in [0.25, 0.3) is 0 Å². The molecule has 0 spiro atoms. The van der Waals surface area contributed by atoms with E-state index in [1.165, 1.54) is 18.5 Å². The van der Waals surface area contributed by atoms with Crippen molar-refractivity contribution < 1.29 is 4.79 Å². The van der Waals surface area contributed by atoms with Crippen molar-refractivity contribution in [3.63, 3.8) is 0 Å². The summed E-state index contributed by atoms with van der Waals surface area (Å²) in [6.45, 7) is 10.2. The molecular weight excluding hydrogens is 360 g/mol. The number of pyridine rings is 1. The maximum Gasteiger partial charge on any atom is 0.222 e. The van der Waals surface area contributed by atoms with Gasteiger partial charge in [0, 0.05) is 57.6 Å². The van der Waals surface area contributed by atoms with E-state index in [0.717, 1.165) is 51.5 Å². The topological polar surface area (TPSA) is 48.5 Å². The number of aromatic nitrogens is 1. The quantitative estimate of drug-likeness (QED) is 0.736. The van der Waals surface area contributed by atoms with Crippen molar-refractivity contribution in [1.82, 2.24) is 20.1 Å². The summed E-state index contributed by atoms with van der Waals surface area (Å²) in [7, 11) is 0. The molecule has 0 unspecified atom stereocenters. The molecule has 2 fully saturated rings. The van der Waals surface area contributed by atoms with Crippen LogP contribution in [0.5, 0.6) is 0 Å². The number of hydrogen-bond acceptors (Lipinski definition) is 4. The minimum atomic E-state index is 0. The van der Waals surface area contributed by atoms with E-state index in [2.05, 4.69) is 35.1 Å². The average molecular weight is 395 g/mol. The zero-order valence-electron chi connectivity index (χ0n) is 16.8. The molecule has 152 valence electrons. The number of fused-ring (bicyclic) bond motifs is 2. The van der Waals surface area contributed by atoms with Crippen LogP contribution in [0.2, 0.25) is 0 Å². The molecule has 1 amide bonds. The molecule has 0 saturated carbocycles. The van der Waals surface area contributed by atoms with Crippen LogP contribution in [-0.4, -0.2) is 59.5 Å². The number of hydrogen-bond donors (Lipinski definition) is 1. The SMILES string of the molecule is CCN(CC)C(=O)CCC[C@H]1NC[C@@H]2C[C@@H]1CN(Cc1cccnc1)C2.Cl. The van der Waals surface area contributed by atoms with Crippen molar-refractivity contribution in [2.24, 2.45) is 11.8 Å². The predicted molar refractivity (Wildman–Crippen MR) is 112 cm³/mol. The first kappa shape index (κ1) is 22.1. The fraction of sp³-hybridized carbons (Fsp3) is 0.714. The normalized spacial score (nSPS) is 24.9. The highest BCUT2D eigenvalue weighted by molar-refractivity contribution is 5.85. The van der Waals surface area contributed by atoms with E-state index in [0.29, 0.717) is 24.3 Å². The second-order valence-corrected chi connectivity index (χ2v) is 7.89. The van der Waals surface area contributed by atoms with E-state index < -0.39 is 0 Å². The standard InChI is InChI=1S/C21H34N4O.ClH/c1-3-25(4-2)21(26)9-5-8-20-19-11-18(13-23-20)15-24(16-19)14-17-7-6-10-22-12-17;/h6-7,10,12,18-20,23H,3-5,8-9,11,13-16H2,1-2H3;1H/t18-,19+,20+;/m0./s1. The number of rotatable bonds is 8. The Morgan fingerprint density at radius 2 is 2.15 bits per heavy atom. The van der Waals surface area contributed by atoms with Crippen LogP contribution in [-0.2, 0) is 11.3 Å². The summed E-state index contributed by atoms with van der Waals surface area (Å²) in [5, 5.41) is 3.77. The number of likely N-dealkylation sites (tertiary alicyclic amines) is 1. The Labute approximate surface area is 170 Å². The zero-order chi connectivity index (χ0) is 18.4. The van der Waals surface area contributed by atoms with Crippen molar-refractivity contribution in [1.29, 1.82) is 0 Å². The third-order valence-corrected chi connectivity index (χ3v) is 6.03. The zero-order valence-corrected chi connectivity index (χ0v) is 17.6. The third-order valence-electron chi connectivity index (χ3n) is 6.03. The molecule has 2 bridgehead atoms. The Kier molecular flexibility index (Phi) is 9.00. The third kappa shape index (κ3) is 6.16. The van der Waals surface area contributed by atoms with Gasteiger partial charge in [0.1, 0.15) is 0 Å². The van der Waals surface area contributed by atoms with E-state index in [9.17, 15) is 4.79 Å². The van der Waals surface area contributed by atoms with Gasteiger partial charge in [-0.05, 0) is 63.1 Å². The van der Waals surface area contributed by atoms with Crippen molar-refractivity contribution in [3.05, 3.63) is 30.1 Å². The summed E-state index contributed by atoms with van der Waals surface area (Å²) in [5.74, 6) is 1.78. The number of carbonyl (C=O) groups excluding carboxylic acids is 1. The summed E-state index contributed by atoms with van der Waals surface area (Å²) < 4.78 is 0. The highest BCUT2D eigenvalue weighted by atomic mass is 35.5. The number of carbonyl (C=O) groups is 1. The minimum Gasteiger partial charge on any atom is -0.343 e. The van der Waals surface area contributed by atoms with Gasteiger partial charge in [-0.25, -0.2) is 0 Å². The molecule has 0 aromatic carbocycles. The van der Waals surface area contributed by atoms with Crippen LogP contribution in [0.4, 0.5) is 0 Å². The number of piperidine rings is 2. The van der Waals surface area contributed by atoms with E-state index in [-0.39, 0.29) is 12.4 Å². The monoisotopic (exact) mass is 394 g/mol. The van der Waals surface area contributed by atoms with Gasteiger partial charge in [0.05, 0.1) is 0 Å². The van der Waals surface area contributed by atoms with Gasteiger partial charge in [0.2, 0.25) is 5.91 Å². The molecule has 5 nitrogen and oxygen atoms in total. The summed E-state index contributed by atoms with van der Waals surface area (Å²) in [6, 6.07) is 4.76. The number of amides is 1. The van der Waals surface area contributed by atoms with Crippen LogP contribution in [0.25, 0.3) is 0 Å². The second-order valence-electron chi connectivity index (χ2n) is 7.89. The number of nitrogens with zero attached hydrogens (tertiary/aromatic N) is 3. The molecule has 27 heavy (non-hydrogen) atoms. The first-order valence-corrected chi connectivity index (χ1v) is 10.3. The maximum atomic E-state index is 12.2. The first-order chi connectivity index (χ1) is 12.7. The van der Waals surface area contributed by atoms with Crippen LogP contribution < -0.4 is 5.32 Å². The Morgan fingerprint density at radius 1 is 1.33 bits per heavy atom. The van der Waals surface area contributed by atoms with Crippen molar-refractivity contribution >= 4 is 18.3 Å². The number of nitrogens with one attached hydrogen (secondary N) is 1. The van der Waals surface area contributed by atoms with Crippen LogP contribution >= 0.6 is 12.4 Å². The van der Waals surface area contributed by atoms with Gasteiger partial charge in [-0.15, -0.1) is 12.4 Å². The van der Waals surface area contributed by atoms with Crippen molar-refractivity contribution in [2.75, 3.05) is 32.7 Å². The van der Waals surface area contributed by atoms with Gasteiger partial charge in [-0.2, -0.15) is 0 Å². The molecule has 0 aliphatic carbocycles. The van der Waals surface area contributed by atoms with Crippen LogP contribution in [0, 0.1) is 11.8 Å². The fourth-order valence-corrected chi connectivity index (χ4v) is 4.70. The average Bonchev–Trinajstić information content (AvgIpc) is 2.65. The summed E-state index contributed by atoms with van der Waals surface area (Å²) in [6.07, 6.45) is 7.97. The highest BCUT2D eigenvalue weighted by Gasteiger charge is 2.36. The fourth-order valence-electron chi connectivity index (χ4n) is 4.70. The van der Waals surface area contributed by atoms with E-state index in [4.69, 9.17) is 0 Å². The lowest BCUT2D eigenvalue weighted by Crippen LogP contribution is -2.55. The van der Waals surface area contributed by atoms with Crippen LogP contribution in [0.15, 0.2) is 24.5 Å². The molecule has 1 N–H and O–H groups in total. The Bertz CT molecular complexity index is 567. The largest absolute Gasteiger partial charge is 0.343 e. The molecule has 0 radical (unpaired) electrons. The van der Waals surface area contributed by atoms with Gasteiger partial charge in [0.15, 0.2) is 0 Å². The van der Waals surface area contributed by atoms with Gasteiger partial charge in [-0.3, -0.25) is 14.7 Å². The van der Waals surface area contributed by atoms with Gasteiger partial charge < -0.3 is 10.2 Å². The maximum absolute atomic E-state index is 12.2. The van der Waals surface area contributed by atoms with Gasteiger partial charge in [-0.1, -0.05) is 6.07 Å². The molecule has 2 saturated heterocycles. The molecule has 2 aliphatic heterocycles. The van der Waals surface area contributed by atoms with Crippen LogP contribution in [0.1, 0.15) is 45.1 Å². The molecule has 3 rings (SSSR count). The highest BCUT2D eigenvalue weighted by Crippen LogP contribution is 2.31. The molecule has 1 aromatic rings. The van der Waals surface area contributed by atoms with Gasteiger partial charge >= 0.3 is 0 Å². The second kappa shape index (κ2) is 11.0. The Balaban J connectivity index is 0.00000261. The predicted octanol–water partition coefficient (Wildman–Crippen LogP) is 2.95. The summed E-state index contributed by atoms with van der Waals surface area (Å²) >= 11 is 0. The lowest BCUT2D eigenvalue weighted by molar-refractivity contribution is -0.131. The summed E-state index contributed by atoms with van der Waals surface area (Å²) in [4.78, 5) is 21.0. The lowest BCUT2D eigenvalue weighted by Gasteiger charge is -2.46. The lowest BCUT2D eigenvalue weighted by atomic mass is 9.79. The molecule has 3 heterocycles. The van der Waals surface area contributed by atoms with Crippen LogP contribution in [0.3, 0.4) is 0 Å². The van der Waals surface area contributed by atoms with E-state index in [1.54, 1.807) is 0 Å². The molecule has 2 aliphatic rings.